The highest BCUT2D eigenvalue weighted by Crippen LogP contribution is 2.38. The summed E-state index contributed by atoms with van der Waals surface area (Å²) in [7, 11) is 4.61. The molecule has 1 amide bonds. The van der Waals surface area contributed by atoms with Crippen molar-refractivity contribution in [2.45, 2.75) is 26.1 Å². The fourth-order valence-electron chi connectivity index (χ4n) is 4.81. The van der Waals surface area contributed by atoms with Crippen LogP contribution in [0.5, 0.6) is 17.2 Å². The van der Waals surface area contributed by atoms with E-state index in [2.05, 4.69) is 23.6 Å². The Morgan fingerprint density at radius 2 is 1.64 bits per heavy atom. The second-order valence-electron chi connectivity index (χ2n) is 9.84. The average molecular weight is 510 g/mol. The molecule has 1 aromatic rings. The van der Waals surface area contributed by atoms with E-state index in [0.717, 1.165) is 32.8 Å². The molecule has 2 saturated heterocycles. The van der Waals surface area contributed by atoms with Crippen LogP contribution in [0.15, 0.2) is 12.1 Å². The maximum Gasteiger partial charge on any atom is 0.254 e. The molecule has 0 saturated carbocycles. The first kappa shape index (κ1) is 28.5. The number of amides is 1. The van der Waals surface area contributed by atoms with Gasteiger partial charge in [0.05, 0.1) is 53.4 Å². The van der Waals surface area contributed by atoms with E-state index in [1.807, 2.05) is 4.90 Å². The Balaban J connectivity index is 1.65. The zero-order valence-electron chi connectivity index (χ0n) is 22.4. The molecule has 204 valence electrons. The van der Waals surface area contributed by atoms with Crippen LogP contribution in [0.25, 0.3) is 0 Å². The molecule has 0 aliphatic carbocycles. The molecule has 2 heterocycles. The van der Waals surface area contributed by atoms with Crippen molar-refractivity contribution >= 4 is 5.91 Å². The quantitative estimate of drug-likeness (QED) is 0.446. The van der Waals surface area contributed by atoms with Crippen molar-refractivity contribution in [1.82, 2.24) is 14.7 Å². The summed E-state index contributed by atoms with van der Waals surface area (Å²) in [5.41, 5.74) is 0.471. The van der Waals surface area contributed by atoms with E-state index in [-0.39, 0.29) is 17.9 Å². The predicted octanol–water partition coefficient (Wildman–Crippen LogP) is 1.20. The third-order valence-electron chi connectivity index (χ3n) is 6.47. The van der Waals surface area contributed by atoms with Gasteiger partial charge in [-0.3, -0.25) is 14.6 Å². The highest BCUT2D eigenvalue weighted by molar-refractivity contribution is 5.95. The number of β-amino-alcohol motifs (C(OH)–C–C–N with tert-alkyl or cyclic N) is 1. The Morgan fingerprint density at radius 3 is 2.22 bits per heavy atom. The van der Waals surface area contributed by atoms with E-state index >= 15 is 0 Å². The summed E-state index contributed by atoms with van der Waals surface area (Å²) in [4.78, 5) is 19.9. The predicted molar refractivity (Wildman–Crippen MR) is 136 cm³/mol. The van der Waals surface area contributed by atoms with E-state index in [9.17, 15) is 9.90 Å². The van der Waals surface area contributed by atoms with Gasteiger partial charge in [-0.2, -0.15) is 0 Å². The molecule has 10 heteroatoms. The molecule has 1 aromatic carbocycles. The Hall–Kier alpha value is -2.11. The number of aliphatic hydroxyl groups is 1. The Kier molecular flexibility index (Phi) is 11.1. The van der Waals surface area contributed by atoms with Gasteiger partial charge in [0.1, 0.15) is 0 Å². The lowest BCUT2D eigenvalue weighted by molar-refractivity contribution is -0.0560. The summed E-state index contributed by atoms with van der Waals surface area (Å²) < 4.78 is 27.7. The van der Waals surface area contributed by atoms with E-state index in [1.165, 1.54) is 21.3 Å². The van der Waals surface area contributed by atoms with Crippen LogP contribution in [0.1, 0.15) is 24.2 Å². The van der Waals surface area contributed by atoms with Crippen molar-refractivity contribution in [2.75, 3.05) is 93.5 Å². The molecule has 2 fully saturated rings. The van der Waals surface area contributed by atoms with Gasteiger partial charge in [-0.15, -0.1) is 0 Å². The highest BCUT2D eigenvalue weighted by atomic mass is 16.5. The minimum Gasteiger partial charge on any atom is -0.493 e. The Labute approximate surface area is 215 Å². The first-order valence-corrected chi connectivity index (χ1v) is 12.8. The van der Waals surface area contributed by atoms with Gasteiger partial charge in [-0.25, -0.2) is 0 Å². The molecule has 10 nitrogen and oxygen atoms in total. The fraction of sp³-hybridized carbons (Fsp3) is 0.731. The molecule has 1 N–H and O–H groups in total. The van der Waals surface area contributed by atoms with Gasteiger partial charge in [0.15, 0.2) is 11.5 Å². The topological polar surface area (TPSA) is 93.2 Å². The summed E-state index contributed by atoms with van der Waals surface area (Å²) in [6, 6.07) is 3.38. The molecule has 2 aliphatic heterocycles. The van der Waals surface area contributed by atoms with E-state index < -0.39 is 6.10 Å². The number of nitrogens with zero attached hydrogens (tertiary/aromatic N) is 3. The molecule has 0 aromatic heterocycles. The summed E-state index contributed by atoms with van der Waals surface area (Å²) >= 11 is 0. The molecule has 3 rings (SSSR count). The largest absolute Gasteiger partial charge is 0.493 e. The van der Waals surface area contributed by atoms with Crippen LogP contribution in [0.2, 0.25) is 0 Å². The molecule has 0 bridgehead atoms. The lowest BCUT2D eigenvalue weighted by Gasteiger charge is -2.37. The van der Waals surface area contributed by atoms with Crippen LogP contribution in [0.4, 0.5) is 0 Å². The first-order chi connectivity index (χ1) is 17.3. The van der Waals surface area contributed by atoms with Crippen LogP contribution in [0.3, 0.4) is 0 Å². The lowest BCUT2D eigenvalue weighted by atomic mass is 10.1. The SMILES string of the molecule is COc1cc(C(=O)N(CC(C)C)C[C@H]2CN(C[C@@H](O)CN3CCOCC3)CCO2)cc(OC)c1OC. The second-order valence-corrected chi connectivity index (χ2v) is 9.84. The smallest absolute Gasteiger partial charge is 0.254 e. The second kappa shape index (κ2) is 14.0. The fourth-order valence-corrected chi connectivity index (χ4v) is 4.81. The number of methoxy groups -OCH3 is 3. The number of aliphatic hydroxyl groups excluding tert-OH is 1. The third kappa shape index (κ3) is 7.94. The minimum atomic E-state index is -0.436. The minimum absolute atomic E-state index is 0.115. The van der Waals surface area contributed by atoms with Crippen LogP contribution >= 0.6 is 0 Å². The van der Waals surface area contributed by atoms with Gasteiger partial charge in [0, 0.05) is 57.9 Å². The van der Waals surface area contributed by atoms with E-state index in [4.69, 9.17) is 23.7 Å². The molecule has 2 atom stereocenters. The molecular formula is C26H43N3O7. The van der Waals surface area contributed by atoms with Gasteiger partial charge >= 0.3 is 0 Å². The highest BCUT2D eigenvalue weighted by Gasteiger charge is 2.28. The number of carbonyl (C=O) groups is 1. The maximum absolute atomic E-state index is 13.6. The number of rotatable bonds is 12. The van der Waals surface area contributed by atoms with Crippen molar-refractivity contribution in [3.63, 3.8) is 0 Å². The normalized spacial score (nSPS) is 20.2. The van der Waals surface area contributed by atoms with Crippen molar-refractivity contribution in [1.29, 1.82) is 0 Å². The van der Waals surface area contributed by atoms with Crippen LogP contribution in [0, 0.1) is 5.92 Å². The number of ether oxygens (including phenoxy) is 5. The molecule has 0 spiro atoms. The van der Waals surface area contributed by atoms with Gasteiger partial charge in [0.25, 0.3) is 5.91 Å². The molecule has 0 radical (unpaired) electrons. The van der Waals surface area contributed by atoms with E-state index in [0.29, 0.717) is 62.1 Å². The Bertz CT molecular complexity index is 807. The van der Waals surface area contributed by atoms with E-state index in [1.54, 1.807) is 12.1 Å². The summed E-state index contributed by atoms with van der Waals surface area (Å²) in [5.74, 6) is 1.51. The van der Waals surface area contributed by atoms with Gasteiger partial charge in [-0.05, 0) is 18.1 Å². The van der Waals surface area contributed by atoms with Crippen molar-refractivity contribution in [3.8, 4) is 17.2 Å². The number of benzene rings is 1. The molecule has 36 heavy (non-hydrogen) atoms. The average Bonchev–Trinajstić information content (AvgIpc) is 2.87. The monoisotopic (exact) mass is 509 g/mol. The third-order valence-corrected chi connectivity index (χ3v) is 6.47. The number of carbonyl (C=O) groups excluding carboxylic acids is 1. The van der Waals surface area contributed by atoms with Crippen LogP contribution in [-0.4, -0.2) is 131 Å². The zero-order chi connectivity index (χ0) is 26.1. The molecule has 2 aliphatic rings. The maximum atomic E-state index is 13.6. The number of hydrogen-bond acceptors (Lipinski definition) is 9. The van der Waals surface area contributed by atoms with Gasteiger partial charge in [-0.1, -0.05) is 13.8 Å². The number of hydrogen-bond donors (Lipinski definition) is 1. The number of morpholine rings is 2. The van der Waals surface area contributed by atoms with Gasteiger partial charge < -0.3 is 33.7 Å². The lowest BCUT2D eigenvalue weighted by Crippen LogP contribution is -2.52. The van der Waals surface area contributed by atoms with Gasteiger partial charge in [0.2, 0.25) is 5.75 Å². The van der Waals surface area contributed by atoms with Crippen LogP contribution < -0.4 is 14.2 Å². The summed E-state index contributed by atoms with van der Waals surface area (Å²) in [6.07, 6.45) is -0.575. The first-order valence-electron chi connectivity index (χ1n) is 12.8. The summed E-state index contributed by atoms with van der Waals surface area (Å²) in [5, 5.41) is 10.7. The Morgan fingerprint density at radius 1 is 1.03 bits per heavy atom. The zero-order valence-corrected chi connectivity index (χ0v) is 22.4. The van der Waals surface area contributed by atoms with Crippen molar-refractivity contribution < 1.29 is 33.6 Å². The van der Waals surface area contributed by atoms with Crippen LogP contribution in [-0.2, 0) is 9.47 Å². The van der Waals surface area contributed by atoms with Crippen molar-refractivity contribution in [2.24, 2.45) is 5.92 Å². The standard InChI is InChI=1S/C26H43N3O7/c1-19(2)14-29(26(31)20-12-23(32-3)25(34-5)24(13-20)33-4)18-22-17-28(8-11-36-22)16-21(30)15-27-6-9-35-10-7-27/h12-13,19,21-22,30H,6-11,14-18H2,1-5H3/t21-,22+/m0/s1. The molecule has 0 unspecified atom stereocenters. The molecular weight excluding hydrogens is 466 g/mol. The van der Waals surface area contributed by atoms with Crippen molar-refractivity contribution in [3.05, 3.63) is 17.7 Å². The summed E-state index contributed by atoms with van der Waals surface area (Å²) in [6.45, 7) is 11.6.